The lowest BCUT2D eigenvalue weighted by Crippen LogP contribution is -2.43. The molecule has 1 heterocycles. The highest BCUT2D eigenvalue weighted by Crippen LogP contribution is 2.30. The van der Waals surface area contributed by atoms with Gasteiger partial charge < -0.3 is 10.2 Å². The number of rotatable bonds is 5. The average Bonchev–Trinajstić information content (AvgIpc) is 2.87. The molecule has 1 aliphatic carbocycles. The summed E-state index contributed by atoms with van der Waals surface area (Å²) in [5, 5.41) is 3.22. The molecule has 0 bridgehead atoms. The van der Waals surface area contributed by atoms with Crippen molar-refractivity contribution in [1.82, 2.24) is 10.2 Å². The van der Waals surface area contributed by atoms with Gasteiger partial charge in [0.2, 0.25) is 5.91 Å². The number of hydrogen-bond acceptors (Lipinski definition) is 2. The van der Waals surface area contributed by atoms with E-state index in [1.807, 2.05) is 7.05 Å². The second-order valence-corrected chi connectivity index (χ2v) is 6.53. The first kappa shape index (κ1) is 14.8. The SMILES string of the molecule is CNCC1CCCN1C(=O)C(C)CC1CCCCC1. The standard InChI is InChI=1S/C16H30N2O/c1-13(11-14-7-4-3-5-8-14)16(19)18-10-6-9-15(18)12-17-2/h13-15,17H,3-12H2,1-2H3. The molecule has 1 saturated carbocycles. The van der Waals surface area contributed by atoms with Crippen molar-refractivity contribution < 1.29 is 4.79 Å². The van der Waals surface area contributed by atoms with E-state index >= 15 is 0 Å². The lowest BCUT2D eigenvalue weighted by Gasteiger charge is -2.30. The summed E-state index contributed by atoms with van der Waals surface area (Å²) >= 11 is 0. The van der Waals surface area contributed by atoms with Crippen molar-refractivity contribution in [3.05, 3.63) is 0 Å². The summed E-state index contributed by atoms with van der Waals surface area (Å²) < 4.78 is 0. The fourth-order valence-electron chi connectivity index (χ4n) is 3.88. The van der Waals surface area contributed by atoms with Crippen LogP contribution < -0.4 is 5.32 Å². The van der Waals surface area contributed by atoms with Crippen molar-refractivity contribution >= 4 is 5.91 Å². The van der Waals surface area contributed by atoms with Crippen LogP contribution in [0.25, 0.3) is 0 Å². The Hall–Kier alpha value is -0.570. The smallest absolute Gasteiger partial charge is 0.225 e. The molecule has 1 amide bonds. The lowest BCUT2D eigenvalue weighted by atomic mass is 9.83. The zero-order valence-electron chi connectivity index (χ0n) is 12.7. The van der Waals surface area contributed by atoms with Crippen LogP contribution in [0.2, 0.25) is 0 Å². The van der Waals surface area contributed by atoms with Crippen LogP contribution in [0.1, 0.15) is 58.3 Å². The van der Waals surface area contributed by atoms with Gasteiger partial charge in [-0.05, 0) is 32.2 Å². The minimum atomic E-state index is 0.223. The zero-order valence-corrected chi connectivity index (χ0v) is 12.7. The maximum Gasteiger partial charge on any atom is 0.225 e. The first-order valence-corrected chi connectivity index (χ1v) is 8.17. The predicted octanol–water partition coefficient (Wildman–Crippen LogP) is 2.80. The summed E-state index contributed by atoms with van der Waals surface area (Å²) in [5.74, 6) is 1.43. The Balaban J connectivity index is 1.83. The van der Waals surface area contributed by atoms with Crippen molar-refractivity contribution in [2.24, 2.45) is 11.8 Å². The molecule has 2 aliphatic rings. The van der Waals surface area contributed by atoms with Crippen LogP contribution >= 0.6 is 0 Å². The molecule has 1 aliphatic heterocycles. The van der Waals surface area contributed by atoms with Gasteiger partial charge in [-0.2, -0.15) is 0 Å². The molecule has 3 nitrogen and oxygen atoms in total. The number of carbonyl (C=O) groups excluding carboxylic acids is 1. The first-order valence-electron chi connectivity index (χ1n) is 8.17. The van der Waals surface area contributed by atoms with Gasteiger partial charge in [0.15, 0.2) is 0 Å². The molecule has 0 aromatic heterocycles. The number of likely N-dealkylation sites (N-methyl/N-ethyl adjacent to an activating group) is 1. The Morgan fingerprint density at radius 1 is 1.21 bits per heavy atom. The summed E-state index contributed by atoms with van der Waals surface area (Å²) in [4.78, 5) is 14.7. The molecule has 1 N–H and O–H groups in total. The summed E-state index contributed by atoms with van der Waals surface area (Å²) in [5.41, 5.74) is 0. The molecule has 2 unspecified atom stereocenters. The third-order valence-electron chi connectivity index (χ3n) is 4.93. The highest BCUT2D eigenvalue weighted by Gasteiger charge is 2.31. The third kappa shape index (κ3) is 3.95. The van der Waals surface area contributed by atoms with E-state index in [1.54, 1.807) is 0 Å². The third-order valence-corrected chi connectivity index (χ3v) is 4.93. The number of likely N-dealkylation sites (tertiary alicyclic amines) is 1. The fraction of sp³-hybridized carbons (Fsp3) is 0.938. The van der Waals surface area contributed by atoms with E-state index < -0.39 is 0 Å². The molecule has 0 radical (unpaired) electrons. The Kier molecular flexibility index (Phi) is 5.68. The number of nitrogens with zero attached hydrogens (tertiary/aromatic N) is 1. The monoisotopic (exact) mass is 266 g/mol. The summed E-state index contributed by atoms with van der Waals surface area (Å²) in [6, 6.07) is 0.436. The van der Waals surface area contributed by atoms with Gasteiger partial charge in [-0.25, -0.2) is 0 Å². The zero-order chi connectivity index (χ0) is 13.7. The molecule has 3 heteroatoms. The second-order valence-electron chi connectivity index (χ2n) is 6.53. The van der Waals surface area contributed by atoms with Crippen molar-refractivity contribution in [3.63, 3.8) is 0 Å². The predicted molar refractivity (Wildman–Crippen MR) is 79.0 cm³/mol. The summed E-state index contributed by atoms with van der Waals surface area (Å²) in [7, 11) is 1.98. The van der Waals surface area contributed by atoms with E-state index in [-0.39, 0.29) is 5.92 Å². The first-order chi connectivity index (χ1) is 9.22. The van der Waals surface area contributed by atoms with E-state index in [0.29, 0.717) is 11.9 Å². The maximum atomic E-state index is 12.6. The van der Waals surface area contributed by atoms with Gasteiger partial charge in [-0.1, -0.05) is 39.0 Å². The van der Waals surface area contributed by atoms with E-state index in [4.69, 9.17) is 0 Å². The highest BCUT2D eigenvalue weighted by molar-refractivity contribution is 5.79. The molecule has 0 spiro atoms. The number of amides is 1. The molecule has 1 saturated heterocycles. The largest absolute Gasteiger partial charge is 0.338 e. The Morgan fingerprint density at radius 2 is 1.95 bits per heavy atom. The number of nitrogens with one attached hydrogen (secondary N) is 1. The Bertz CT molecular complexity index is 286. The molecule has 0 aromatic carbocycles. The average molecular weight is 266 g/mol. The molecule has 2 atom stereocenters. The van der Waals surface area contributed by atoms with E-state index in [0.717, 1.165) is 25.4 Å². The van der Waals surface area contributed by atoms with Crippen LogP contribution in [0.3, 0.4) is 0 Å². The molecule has 19 heavy (non-hydrogen) atoms. The van der Waals surface area contributed by atoms with Gasteiger partial charge in [0.1, 0.15) is 0 Å². The topological polar surface area (TPSA) is 32.3 Å². The van der Waals surface area contributed by atoms with E-state index in [9.17, 15) is 4.79 Å². The maximum absolute atomic E-state index is 12.6. The van der Waals surface area contributed by atoms with Gasteiger partial charge in [0.05, 0.1) is 0 Å². The van der Waals surface area contributed by atoms with Gasteiger partial charge in [0, 0.05) is 25.0 Å². The van der Waals surface area contributed by atoms with Crippen molar-refractivity contribution in [2.45, 2.75) is 64.3 Å². The lowest BCUT2D eigenvalue weighted by molar-refractivity contribution is -0.136. The quantitative estimate of drug-likeness (QED) is 0.830. The summed E-state index contributed by atoms with van der Waals surface area (Å²) in [6.45, 7) is 4.06. The number of carbonyl (C=O) groups is 1. The van der Waals surface area contributed by atoms with Crippen LogP contribution in [0.15, 0.2) is 0 Å². The van der Waals surface area contributed by atoms with Crippen molar-refractivity contribution in [2.75, 3.05) is 20.1 Å². The van der Waals surface area contributed by atoms with Crippen LogP contribution in [0.5, 0.6) is 0 Å². The molecular weight excluding hydrogens is 236 g/mol. The van der Waals surface area contributed by atoms with E-state index in [1.165, 1.54) is 44.9 Å². The molecule has 0 aromatic rings. The van der Waals surface area contributed by atoms with Crippen LogP contribution in [-0.2, 0) is 4.79 Å². The normalized spacial score (nSPS) is 26.6. The molecular formula is C16H30N2O. The fourth-order valence-corrected chi connectivity index (χ4v) is 3.88. The highest BCUT2D eigenvalue weighted by atomic mass is 16.2. The van der Waals surface area contributed by atoms with Gasteiger partial charge in [-0.15, -0.1) is 0 Å². The van der Waals surface area contributed by atoms with Gasteiger partial charge >= 0.3 is 0 Å². The van der Waals surface area contributed by atoms with Crippen LogP contribution in [0, 0.1) is 11.8 Å². The van der Waals surface area contributed by atoms with Gasteiger partial charge in [0.25, 0.3) is 0 Å². The van der Waals surface area contributed by atoms with Crippen LogP contribution in [0.4, 0.5) is 0 Å². The summed E-state index contributed by atoms with van der Waals surface area (Å²) in [6.07, 6.45) is 10.3. The van der Waals surface area contributed by atoms with Crippen molar-refractivity contribution in [3.8, 4) is 0 Å². The minimum Gasteiger partial charge on any atom is -0.338 e. The Labute approximate surface area is 118 Å². The minimum absolute atomic E-state index is 0.223. The molecule has 110 valence electrons. The van der Waals surface area contributed by atoms with Crippen LogP contribution in [-0.4, -0.2) is 37.0 Å². The molecule has 2 rings (SSSR count). The van der Waals surface area contributed by atoms with Gasteiger partial charge in [-0.3, -0.25) is 4.79 Å². The van der Waals surface area contributed by atoms with Crippen molar-refractivity contribution in [1.29, 1.82) is 0 Å². The number of hydrogen-bond donors (Lipinski definition) is 1. The Morgan fingerprint density at radius 3 is 2.63 bits per heavy atom. The second kappa shape index (κ2) is 7.28. The van der Waals surface area contributed by atoms with E-state index in [2.05, 4.69) is 17.1 Å². The molecule has 2 fully saturated rings.